The third-order valence-electron chi connectivity index (χ3n) is 5.38. The van der Waals surface area contributed by atoms with E-state index in [9.17, 15) is 9.59 Å². The van der Waals surface area contributed by atoms with E-state index in [1.807, 2.05) is 70.5 Å². The highest BCUT2D eigenvalue weighted by Crippen LogP contribution is 2.41. The molecule has 0 aliphatic carbocycles. The number of hydrogen-bond donors (Lipinski definition) is 0. The Morgan fingerprint density at radius 3 is 2.36 bits per heavy atom. The largest absolute Gasteiger partial charge is 0.342 e. The van der Waals surface area contributed by atoms with Crippen LogP contribution in [0.3, 0.4) is 0 Å². The molecule has 2 heterocycles. The van der Waals surface area contributed by atoms with Gasteiger partial charge in [-0.1, -0.05) is 48.5 Å². The van der Waals surface area contributed by atoms with Gasteiger partial charge in [0.05, 0.1) is 6.42 Å². The normalized spacial score (nSPS) is 22.8. The maximum absolute atomic E-state index is 12.6. The summed E-state index contributed by atoms with van der Waals surface area (Å²) in [6, 6.07) is 19.7. The summed E-state index contributed by atoms with van der Waals surface area (Å²) in [6.07, 6.45) is 1.88. The molecule has 2 aromatic rings. The summed E-state index contributed by atoms with van der Waals surface area (Å²) in [6.45, 7) is 2.15. The number of hydrogen-bond acceptors (Lipinski definition) is 2. The first-order valence-electron chi connectivity index (χ1n) is 8.82. The van der Waals surface area contributed by atoms with E-state index in [4.69, 9.17) is 0 Å². The van der Waals surface area contributed by atoms with Gasteiger partial charge < -0.3 is 9.80 Å². The molecule has 128 valence electrons. The van der Waals surface area contributed by atoms with E-state index in [1.165, 1.54) is 0 Å². The Balaban J connectivity index is 1.43. The summed E-state index contributed by atoms with van der Waals surface area (Å²) in [4.78, 5) is 29.0. The van der Waals surface area contributed by atoms with Crippen molar-refractivity contribution in [1.82, 2.24) is 4.90 Å². The third kappa shape index (κ3) is 3.16. The van der Waals surface area contributed by atoms with Gasteiger partial charge in [0, 0.05) is 37.2 Å². The van der Waals surface area contributed by atoms with E-state index >= 15 is 0 Å². The molecule has 0 N–H and O–H groups in total. The Morgan fingerprint density at radius 1 is 0.960 bits per heavy atom. The number of anilines is 1. The van der Waals surface area contributed by atoms with Gasteiger partial charge in [0.1, 0.15) is 0 Å². The molecule has 25 heavy (non-hydrogen) atoms. The van der Waals surface area contributed by atoms with Crippen molar-refractivity contribution in [3.05, 3.63) is 66.2 Å². The lowest BCUT2D eigenvalue weighted by Gasteiger charge is -2.24. The summed E-state index contributed by atoms with van der Waals surface area (Å²) in [5.74, 6) is 0.331. The van der Waals surface area contributed by atoms with E-state index in [2.05, 4.69) is 0 Å². The van der Waals surface area contributed by atoms with Gasteiger partial charge in [-0.05, 0) is 24.1 Å². The van der Waals surface area contributed by atoms with Crippen molar-refractivity contribution in [3.8, 4) is 0 Å². The number of benzene rings is 2. The number of amides is 2. The Morgan fingerprint density at radius 2 is 1.64 bits per heavy atom. The molecular weight excluding hydrogens is 312 g/mol. The van der Waals surface area contributed by atoms with Crippen LogP contribution in [-0.2, 0) is 16.0 Å². The first-order valence-corrected chi connectivity index (χ1v) is 8.82. The molecule has 2 aromatic carbocycles. The number of rotatable bonds is 3. The molecule has 2 saturated heterocycles. The lowest BCUT2D eigenvalue weighted by atomic mass is 9.86. The highest BCUT2D eigenvalue weighted by Gasteiger charge is 2.48. The first-order chi connectivity index (χ1) is 12.2. The summed E-state index contributed by atoms with van der Waals surface area (Å²) in [5, 5.41) is 0. The molecule has 0 bridgehead atoms. The van der Waals surface area contributed by atoms with E-state index in [0.29, 0.717) is 25.9 Å². The Hall–Kier alpha value is -2.62. The zero-order valence-electron chi connectivity index (χ0n) is 14.2. The van der Waals surface area contributed by atoms with Crippen LogP contribution in [0.5, 0.6) is 0 Å². The van der Waals surface area contributed by atoms with Gasteiger partial charge in [-0.2, -0.15) is 0 Å². The second-order valence-electron chi connectivity index (χ2n) is 7.22. The summed E-state index contributed by atoms with van der Waals surface area (Å²) in [7, 11) is 0. The van der Waals surface area contributed by atoms with Gasteiger partial charge in [0.2, 0.25) is 11.8 Å². The minimum absolute atomic E-state index is 0.0841. The van der Waals surface area contributed by atoms with Gasteiger partial charge in [-0.3, -0.25) is 9.59 Å². The number of likely N-dealkylation sites (tertiary alicyclic amines) is 1. The molecule has 0 aromatic heterocycles. The summed E-state index contributed by atoms with van der Waals surface area (Å²) >= 11 is 0. The van der Waals surface area contributed by atoms with E-state index < -0.39 is 0 Å². The molecule has 4 rings (SSSR count). The Kier molecular flexibility index (Phi) is 4.04. The van der Waals surface area contributed by atoms with Crippen molar-refractivity contribution in [2.75, 3.05) is 24.5 Å². The highest BCUT2D eigenvalue weighted by atomic mass is 16.2. The minimum atomic E-state index is -0.0841. The van der Waals surface area contributed by atoms with Crippen LogP contribution in [0.2, 0.25) is 0 Å². The van der Waals surface area contributed by atoms with Crippen LogP contribution in [0, 0.1) is 5.41 Å². The van der Waals surface area contributed by atoms with Gasteiger partial charge in [-0.15, -0.1) is 0 Å². The molecule has 2 aliphatic heterocycles. The third-order valence-corrected chi connectivity index (χ3v) is 5.38. The zero-order valence-corrected chi connectivity index (χ0v) is 14.2. The summed E-state index contributed by atoms with van der Waals surface area (Å²) in [5.41, 5.74) is 1.92. The van der Waals surface area contributed by atoms with Crippen LogP contribution in [-0.4, -0.2) is 36.3 Å². The maximum Gasteiger partial charge on any atom is 0.227 e. The van der Waals surface area contributed by atoms with E-state index in [1.54, 1.807) is 0 Å². The van der Waals surface area contributed by atoms with Gasteiger partial charge >= 0.3 is 0 Å². The van der Waals surface area contributed by atoms with Crippen molar-refractivity contribution in [2.45, 2.75) is 19.3 Å². The monoisotopic (exact) mass is 334 g/mol. The van der Waals surface area contributed by atoms with Crippen molar-refractivity contribution < 1.29 is 9.59 Å². The molecule has 1 unspecified atom stereocenters. The average molecular weight is 334 g/mol. The van der Waals surface area contributed by atoms with E-state index in [0.717, 1.165) is 24.2 Å². The van der Waals surface area contributed by atoms with Gasteiger partial charge in [-0.25, -0.2) is 0 Å². The number of nitrogens with zero attached hydrogens (tertiary/aromatic N) is 2. The molecule has 1 atom stereocenters. The fourth-order valence-corrected chi connectivity index (χ4v) is 4.04. The molecule has 0 radical (unpaired) electrons. The Labute approximate surface area is 148 Å². The van der Waals surface area contributed by atoms with Crippen LogP contribution in [0.25, 0.3) is 0 Å². The standard InChI is InChI=1S/C21H22N2O2/c24-19(13-17-7-3-1-4-8-17)22-12-11-21(15-22)14-20(25)23(16-21)18-9-5-2-6-10-18/h1-10H,11-16H2. The van der Waals surface area contributed by atoms with E-state index in [-0.39, 0.29) is 17.2 Å². The van der Waals surface area contributed by atoms with Crippen LogP contribution >= 0.6 is 0 Å². The summed E-state index contributed by atoms with van der Waals surface area (Å²) < 4.78 is 0. The molecule has 0 saturated carbocycles. The lowest BCUT2D eigenvalue weighted by molar-refractivity contribution is -0.130. The van der Waals surface area contributed by atoms with Crippen LogP contribution in [0.15, 0.2) is 60.7 Å². The fourth-order valence-electron chi connectivity index (χ4n) is 4.04. The molecule has 2 fully saturated rings. The molecule has 1 spiro atoms. The van der Waals surface area contributed by atoms with Crippen molar-refractivity contribution in [1.29, 1.82) is 0 Å². The second kappa shape index (κ2) is 6.36. The van der Waals surface area contributed by atoms with Gasteiger partial charge in [0.15, 0.2) is 0 Å². The second-order valence-corrected chi connectivity index (χ2v) is 7.22. The van der Waals surface area contributed by atoms with Crippen LogP contribution in [0.1, 0.15) is 18.4 Å². The number of para-hydroxylation sites is 1. The molecule has 2 amide bonds. The Bertz CT molecular complexity index is 775. The fraction of sp³-hybridized carbons (Fsp3) is 0.333. The minimum Gasteiger partial charge on any atom is -0.342 e. The SMILES string of the molecule is O=C(Cc1ccccc1)N1CCC2(CC(=O)N(c3ccccc3)C2)C1. The lowest BCUT2D eigenvalue weighted by Crippen LogP contribution is -2.34. The highest BCUT2D eigenvalue weighted by molar-refractivity contribution is 5.96. The van der Waals surface area contributed by atoms with Crippen molar-refractivity contribution in [3.63, 3.8) is 0 Å². The first kappa shape index (κ1) is 15.9. The van der Waals surface area contributed by atoms with Gasteiger partial charge in [0.25, 0.3) is 0 Å². The molecule has 4 nitrogen and oxygen atoms in total. The van der Waals surface area contributed by atoms with Crippen LogP contribution in [0.4, 0.5) is 5.69 Å². The number of carbonyl (C=O) groups is 2. The molecule has 2 aliphatic rings. The predicted octanol–water partition coefficient (Wildman–Crippen LogP) is 2.88. The number of carbonyl (C=O) groups excluding carboxylic acids is 2. The smallest absolute Gasteiger partial charge is 0.227 e. The average Bonchev–Trinajstić information content (AvgIpc) is 3.20. The predicted molar refractivity (Wildman–Crippen MR) is 97.2 cm³/mol. The zero-order chi connectivity index (χ0) is 17.3. The topological polar surface area (TPSA) is 40.6 Å². The molecule has 4 heteroatoms. The van der Waals surface area contributed by atoms with Crippen molar-refractivity contribution >= 4 is 17.5 Å². The quantitative estimate of drug-likeness (QED) is 0.866. The maximum atomic E-state index is 12.6. The van der Waals surface area contributed by atoms with Crippen LogP contribution < -0.4 is 4.90 Å². The van der Waals surface area contributed by atoms with Crippen molar-refractivity contribution in [2.24, 2.45) is 5.41 Å². The molecular formula is C21H22N2O2.